The Bertz CT molecular complexity index is 1140. The van der Waals surface area contributed by atoms with E-state index in [9.17, 15) is 9.59 Å². The summed E-state index contributed by atoms with van der Waals surface area (Å²) in [5.74, 6) is 1.33. The van der Waals surface area contributed by atoms with Crippen molar-refractivity contribution in [3.63, 3.8) is 0 Å². The van der Waals surface area contributed by atoms with Gasteiger partial charge in [0.05, 0.1) is 6.54 Å². The molecule has 3 aromatic rings. The molecule has 1 fully saturated rings. The highest BCUT2D eigenvalue weighted by molar-refractivity contribution is 6.30. The molecular weight excluding hydrogens is 378 g/mol. The minimum Gasteiger partial charge on any atom is -0.342 e. The fourth-order valence-corrected chi connectivity index (χ4v) is 4.12. The molecule has 1 aliphatic rings. The molecule has 0 bridgehead atoms. The van der Waals surface area contributed by atoms with Gasteiger partial charge < -0.3 is 9.47 Å². The molecule has 1 saturated heterocycles. The summed E-state index contributed by atoms with van der Waals surface area (Å²) in [7, 11) is 3.51. The summed E-state index contributed by atoms with van der Waals surface area (Å²) in [6.07, 6.45) is 2.30. The zero-order valence-corrected chi connectivity index (χ0v) is 17.1. The van der Waals surface area contributed by atoms with E-state index in [4.69, 9.17) is 11.6 Å². The average Bonchev–Trinajstić information content (AvgIpc) is 3.02. The number of imidazole rings is 1. The second-order valence-corrected chi connectivity index (χ2v) is 8.13. The molecule has 0 aliphatic carbocycles. The molecule has 148 valence electrons. The van der Waals surface area contributed by atoms with Crippen LogP contribution >= 0.6 is 11.6 Å². The number of halogens is 1. The monoisotopic (exact) mass is 401 g/mol. The Labute approximate surface area is 167 Å². The van der Waals surface area contributed by atoms with E-state index in [0.717, 1.165) is 31.0 Å². The summed E-state index contributed by atoms with van der Waals surface area (Å²) >= 11 is 5.94. The maximum Gasteiger partial charge on any atom is 0.332 e. The van der Waals surface area contributed by atoms with Crippen molar-refractivity contribution in [2.75, 3.05) is 18.0 Å². The Morgan fingerprint density at radius 1 is 1.14 bits per heavy atom. The van der Waals surface area contributed by atoms with E-state index in [-0.39, 0.29) is 17.8 Å². The summed E-state index contributed by atoms with van der Waals surface area (Å²) in [5, 5.41) is 0.617. The highest BCUT2D eigenvalue weighted by atomic mass is 35.5. The van der Waals surface area contributed by atoms with Crippen molar-refractivity contribution in [1.82, 2.24) is 18.7 Å². The van der Waals surface area contributed by atoms with E-state index in [1.165, 1.54) is 15.6 Å². The molecule has 28 heavy (non-hydrogen) atoms. The molecule has 3 heterocycles. The smallest absolute Gasteiger partial charge is 0.332 e. The number of benzene rings is 1. The predicted octanol–water partition coefficient (Wildman–Crippen LogP) is 2.37. The van der Waals surface area contributed by atoms with Crippen molar-refractivity contribution in [3.8, 4) is 0 Å². The van der Waals surface area contributed by atoms with E-state index >= 15 is 0 Å². The molecule has 2 aromatic heterocycles. The number of aromatic nitrogens is 4. The van der Waals surface area contributed by atoms with E-state index in [0.29, 0.717) is 22.1 Å². The van der Waals surface area contributed by atoms with Crippen molar-refractivity contribution in [2.24, 2.45) is 20.0 Å². The van der Waals surface area contributed by atoms with Crippen LogP contribution in [0.2, 0.25) is 5.02 Å². The van der Waals surface area contributed by atoms with E-state index in [1.54, 1.807) is 19.2 Å². The maximum absolute atomic E-state index is 13.2. The number of anilines is 1. The SMILES string of the molecule is C[C@H]1CCCN(c2nc3c(c(=O)n(Cc4ccc(Cl)cc4)c(=O)n3C)n2C)C1. The maximum atomic E-state index is 13.2. The Hall–Kier alpha value is -2.54. The van der Waals surface area contributed by atoms with E-state index in [2.05, 4.69) is 16.8 Å². The molecule has 1 atom stereocenters. The number of fused-ring (bicyclic) bond motifs is 1. The minimum atomic E-state index is -0.371. The fourth-order valence-electron chi connectivity index (χ4n) is 4.00. The number of rotatable bonds is 3. The fraction of sp³-hybridized carbons (Fsp3) is 0.450. The summed E-state index contributed by atoms with van der Waals surface area (Å²) in [5.41, 5.74) is 1.03. The topological polar surface area (TPSA) is 65.1 Å². The molecular formula is C20H24ClN5O2. The molecule has 4 rings (SSSR count). The Kier molecular flexibility index (Phi) is 4.79. The zero-order valence-electron chi connectivity index (χ0n) is 16.4. The summed E-state index contributed by atoms with van der Waals surface area (Å²) in [4.78, 5) is 32.9. The summed E-state index contributed by atoms with van der Waals surface area (Å²) in [6, 6.07) is 7.15. The molecule has 0 saturated carbocycles. The van der Waals surface area contributed by atoms with Crippen LogP contribution in [0.5, 0.6) is 0 Å². The Morgan fingerprint density at radius 3 is 2.54 bits per heavy atom. The van der Waals surface area contributed by atoms with Crippen LogP contribution in [0, 0.1) is 5.92 Å². The summed E-state index contributed by atoms with van der Waals surface area (Å²) in [6.45, 7) is 4.24. The van der Waals surface area contributed by atoms with Crippen LogP contribution in [0.1, 0.15) is 25.3 Å². The quantitative estimate of drug-likeness (QED) is 0.675. The number of hydrogen-bond acceptors (Lipinski definition) is 4. The van der Waals surface area contributed by atoms with E-state index < -0.39 is 0 Å². The van der Waals surface area contributed by atoms with Crippen molar-refractivity contribution in [2.45, 2.75) is 26.3 Å². The van der Waals surface area contributed by atoms with Gasteiger partial charge in [0.1, 0.15) is 0 Å². The van der Waals surface area contributed by atoms with Gasteiger partial charge >= 0.3 is 5.69 Å². The first kappa shape index (κ1) is 18.8. The minimum absolute atomic E-state index is 0.194. The number of aryl methyl sites for hydroxylation is 2. The van der Waals surface area contributed by atoms with Crippen molar-refractivity contribution >= 4 is 28.7 Å². The van der Waals surface area contributed by atoms with Crippen LogP contribution < -0.4 is 16.1 Å². The van der Waals surface area contributed by atoms with Gasteiger partial charge in [-0.25, -0.2) is 4.79 Å². The van der Waals surface area contributed by atoms with E-state index in [1.807, 2.05) is 23.7 Å². The largest absolute Gasteiger partial charge is 0.342 e. The standard InChI is InChI=1S/C20H24ClN5O2/c1-13-5-4-10-25(11-13)19-22-17-16(23(19)2)18(27)26(20(28)24(17)3)12-14-6-8-15(21)9-7-14/h6-9,13H,4-5,10-12H2,1-3H3/t13-/m0/s1. The van der Waals surface area contributed by atoms with Crippen molar-refractivity contribution in [3.05, 3.63) is 55.7 Å². The third-order valence-corrected chi connectivity index (χ3v) is 5.78. The third kappa shape index (κ3) is 3.13. The van der Waals surface area contributed by atoms with Gasteiger partial charge in [0.2, 0.25) is 5.95 Å². The molecule has 0 unspecified atom stereocenters. The van der Waals surface area contributed by atoms with Gasteiger partial charge in [0.15, 0.2) is 11.2 Å². The molecule has 8 heteroatoms. The Morgan fingerprint density at radius 2 is 1.86 bits per heavy atom. The number of piperidine rings is 1. The second-order valence-electron chi connectivity index (χ2n) is 7.70. The van der Waals surface area contributed by atoms with Gasteiger partial charge in [-0.3, -0.25) is 13.9 Å². The third-order valence-electron chi connectivity index (χ3n) is 5.53. The lowest BCUT2D eigenvalue weighted by Gasteiger charge is -2.31. The number of nitrogens with zero attached hydrogens (tertiary/aromatic N) is 5. The zero-order chi connectivity index (χ0) is 20.0. The van der Waals surface area contributed by atoms with Crippen LogP contribution in [0.15, 0.2) is 33.9 Å². The lowest BCUT2D eigenvalue weighted by atomic mass is 10.0. The first-order valence-electron chi connectivity index (χ1n) is 9.52. The van der Waals surface area contributed by atoms with Gasteiger partial charge in [-0.1, -0.05) is 30.7 Å². The van der Waals surface area contributed by atoms with Crippen LogP contribution in [0.3, 0.4) is 0 Å². The van der Waals surface area contributed by atoms with Gasteiger partial charge in [-0.05, 0) is 36.5 Å². The highest BCUT2D eigenvalue weighted by Crippen LogP contribution is 2.24. The van der Waals surface area contributed by atoms with Crippen LogP contribution in [0.25, 0.3) is 11.2 Å². The lowest BCUT2D eigenvalue weighted by molar-refractivity contribution is 0.440. The highest BCUT2D eigenvalue weighted by Gasteiger charge is 2.24. The molecule has 0 N–H and O–H groups in total. The van der Waals surface area contributed by atoms with Gasteiger partial charge in [0, 0.05) is 32.2 Å². The molecule has 0 spiro atoms. The summed E-state index contributed by atoms with van der Waals surface area (Å²) < 4.78 is 4.55. The Balaban J connectivity index is 1.85. The first-order chi connectivity index (χ1) is 13.4. The lowest BCUT2D eigenvalue weighted by Crippen LogP contribution is -2.40. The van der Waals surface area contributed by atoms with Crippen LogP contribution in [0.4, 0.5) is 5.95 Å². The van der Waals surface area contributed by atoms with Crippen LogP contribution in [-0.2, 0) is 20.6 Å². The normalized spacial score (nSPS) is 17.4. The average molecular weight is 402 g/mol. The number of hydrogen-bond donors (Lipinski definition) is 0. The first-order valence-corrected chi connectivity index (χ1v) is 9.90. The van der Waals surface area contributed by atoms with Gasteiger partial charge in [-0.2, -0.15) is 4.98 Å². The molecule has 1 aliphatic heterocycles. The van der Waals surface area contributed by atoms with Crippen molar-refractivity contribution in [1.29, 1.82) is 0 Å². The van der Waals surface area contributed by atoms with Crippen molar-refractivity contribution < 1.29 is 0 Å². The van der Waals surface area contributed by atoms with Gasteiger partial charge in [-0.15, -0.1) is 0 Å². The molecule has 1 aromatic carbocycles. The molecule has 7 nitrogen and oxygen atoms in total. The molecule has 0 amide bonds. The second kappa shape index (κ2) is 7.13. The van der Waals surface area contributed by atoms with Crippen LogP contribution in [-0.4, -0.2) is 31.8 Å². The predicted molar refractivity (Wildman–Crippen MR) is 111 cm³/mol. The van der Waals surface area contributed by atoms with Gasteiger partial charge in [0.25, 0.3) is 5.56 Å². The molecule has 0 radical (unpaired) electrons.